The number of ether oxygens (including phenoxy) is 2. The van der Waals surface area contributed by atoms with Crippen molar-refractivity contribution < 1.29 is 14.3 Å². The van der Waals surface area contributed by atoms with Gasteiger partial charge in [0.25, 0.3) is 5.91 Å². The Morgan fingerprint density at radius 1 is 1.07 bits per heavy atom. The zero-order chi connectivity index (χ0) is 20.0. The van der Waals surface area contributed by atoms with Gasteiger partial charge < -0.3 is 14.8 Å². The van der Waals surface area contributed by atoms with E-state index in [1.165, 1.54) is 38.5 Å². The smallest absolute Gasteiger partial charge is 0.273 e. The van der Waals surface area contributed by atoms with Crippen LogP contribution in [-0.2, 0) is 4.79 Å². The number of amides is 1. The molecule has 1 amide bonds. The summed E-state index contributed by atoms with van der Waals surface area (Å²) >= 11 is 4.99. The number of hydrogen-bond acceptors (Lipinski definition) is 4. The molecule has 5 fully saturated rings. The first-order valence-corrected chi connectivity index (χ1v) is 11.2. The Balaban J connectivity index is 1.33. The van der Waals surface area contributed by atoms with E-state index in [-0.39, 0.29) is 5.91 Å². The molecule has 1 aromatic carbocycles. The van der Waals surface area contributed by atoms with Crippen molar-refractivity contribution in [2.24, 2.45) is 23.2 Å². The van der Waals surface area contributed by atoms with Gasteiger partial charge in [0.05, 0.1) is 13.2 Å². The molecule has 1 aliphatic heterocycles. The molecule has 0 spiro atoms. The van der Waals surface area contributed by atoms with Crippen LogP contribution in [0.3, 0.4) is 0 Å². The summed E-state index contributed by atoms with van der Waals surface area (Å²) in [5.41, 5.74) is 1.68. The third-order valence-corrected chi connectivity index (χ3v) is 7.20. The van der Waals surface area contributed by atoms with Crippen LogP contribution in [0.25, 0.3) is 6.08 Å². The van der Waals surface area contributed by atoms with E-state index in [9.17, 15) is 4.79 Å². The van der Waals surface area contributed by atoms with Crippen LogP contribution >= 0.6 is 12.2 Å². The minimum Gasteiger partial charge on any atom is -0.490 e. The molecule has 5 aliphatic rings. The third-order valence-electron chi connectivity index (χ3n) is 7.00. The molecule has 1 aromatic rings. The van der Waals surface area contributed by atoms with Crippen LogP contribution in [0.5, 0.6) is 11.5 Å². The quantitative estimate of drug-likeness (QED) is 0.546. The minimum atomic E-state index is -0.213. The van der Waals surface area contributed by atoms with Gasteiger partial charge in [-0.25, -0.2) is 0 Å². The Kier molecular flexibility index (Phi) is 4.77. The van der Waals surface area contributed by atoms with Crippen LogP contribution in [-0.4, -0.2) is 24.2 Å². The molecule has 6 rings (SSSR count). The standard InChI is InChI=1S/C23H28N2O3S/c1-2-27-20-9-14(8-18-21(26)25-22(29)24-18)3-4-19(20)28-13-23-10-15-5-16(11-23)7-17(6-15)12-23/h3-4,8-9,15-17H,2,5-7,10-13H2,1H3,(H2,24,25,26,29)/b18-8-. The highest BCUT2D eigenvalue weighted by atomic mass is 32.1. The molecule has 5 nitrogen and oxygen atoms in total. The molecule has 0 aromatic heterocycles. The van der Waals surface area contributed by atoms with E-state index in [1.807, 2.05) is 25.1 Å². The highest BCUT2D eigenvalue weighted by Gasteiger charge is 2.51. The van der Waals surface area contributed by atoms with Gasteiger partial charge in [-0.15, -0.1) is 0 Å². The fourth-order valence-electron chi connectivity index (χ4n) is 6.35. The minimum absolute atomic E-state index is 0.213. The van der Waals surface area contributed by atoms with Gasteiger partial charge in [-0.2, -0.15) is 0 Å². The summed E-state index contributed by atoms with van der Waals surface area (Å²) in [6.45, 7) is 3.32. The van der Waals surface area contributed by atoms with Gasteiger partial charge in [-0.05, 0) is 99.2 Å². The number of thiocarbonyl (C=S) groups is 1. The van der Waals surface area contributed by atoms with Crippen LogP contribution in [0.4, 0.5) is 0 Å². The molecule has 1 heterocycles. The van der Waals surface area contributed by atoms with Gasteiger partial charge >= 0.3 is 0 Å². The SMILES string of the molecule is CCOc1cc(/C=C2\NC(=S)NC2=O)ccc1OCC12CC3CC(CC(C3)C1)C2. The second-order valence-electron chi connectivity index (χ2n) is 9.31. The van der Waals surface area contributed by atoms with Crippen LogP contribution < -0.4 is 20.1 Å². The fourth-order valence-corrected chi connectivity index (χ4v) is 6.55. The number of rotatable bonds is 6. The molecule has 2 N–H and O–H groups in total. The number of carbonyl (C=O) groups excluding carboxylic acids is 1. The van der Waals surface area contributed by atoms with Gasteiger partial charge in [0.15, 0.2) is 16.6 Å². The molecule has 6 heteroatoms. The topological polar surface area (TPSA) is 59.6 Å². The van der Waals surface area contributed by atoms with Gasteiger partial charge in [-0.3, -0.25) is 10.1 Å². The van der Waals surface area contributed by atoms with E-state index in [4.69, 9.17) is 21.7 Å². The van der Waals surface area contributed by atoms with Crippen molar-refractivity contribution >= 4 is 29.3 Å². The van der Waals surface area contributed by atoms with Gasteiger partial charge in [0, 0.05) is 5.41 Å². The van der Waals surface area contributed by atoms with Crippen LogP contribution in [0, 0.1) is 23.2 Å². The Hall–Kier alpha value is -2.08. The average Bonchev–Trinajstić information content (AvgIpc) is 2.97. The highest BCUT2D eigenvalue weighted by molar-refractivity contribution is 7.80. The summed E-state index contributed by atoms with van der Waals surface area (Å²) in [6, 6.07) is 5.85. The predicted molar refractivity (Wildman–Crippen MR) is 116 cm³/mol. The summed E-state index contributed by atoms with van der Waals surface area (Å²) in [6.07, 6.45) is 10.1. The molecule has 4 saturated carbocycles. The summed E-state index contributed by atoms with van der Waals surface area (Å²) < 4.78 is 12.2. The molecule has 154 valence electrons. The summed E-state index contributed by atoms with van der Waals surface area (Å²) in [5, 5.41) is 5.79. The van der Waals surface area contributed by atoms with Crippen molar-refractivity contribution in [1.29, 1.82) is 0 Å². The van der Waals surface area contributed by atoms with Crippen LogP contribution in [0.1, 0.15) is 51.0 Å². The van der Waals surface area contributed by atoms with Crippen LogP contribution in [0.2, 0.25) is 0 Å². The molecule has 4 bridgehead atoms. The number of nitrogens with one attached hydrogen (secondary N) is 2. The molecule has 29 heavy (non-hydrogen) atoms. The van der Waals surface area contributed by atoms with Gasteiger partial charge in [0.2, 0.25) is 0 Å². The average molecular weight is 413 g/mol. The lowest BCUT2D eigenvalue weighted by Gasteiger charge is -2.56. The highest BCUT2D eigenvalue weighted by Crippen LogP contribution is 2.60. The second kappa shape index (κ2) is 7.31. The number of benzene rings is 1. The van der Waals surface area contributed by atoms with Crippen molar-refractivity contribution in [2.45, 2.75) is 45.4 Å². The van der Waals surface area contributed by atoms with Crippen molar-refractivity contribution in [1.82, 2.24) is 10.6 Å². The molecule has 0 atom stereocenters. The largest absolute Gasteiger partial charge is 0.490 e. The fraction of sp³-hybridized carbons (Fsp3) is 0.565. The van der Waals surface area contributed by atoms with Gasteiger partial charge in [-0.1, -0.05) is 6.07 Å². The first kappa shape index (κ1) is 18.9. The van der Waals surface area contributed by atoms with Crippen LogP contribution in [0.15, 0.2) is 23.9 Å². The van der Waals surface area contributed by atoms with E-state index in [2.05, 4.69) is 10.6 Å². The third kappa shape index (κ3) is 3.75. The van der Waals surface area contributed by atoms with Crippen molar-refractivity contribution in [2.75, 3.05) is 13.2 Å². The molecule has 0 radical (unpaired) electrons. The Bertz CT molecular complexity index is 844. The Morgan fingerprint density at radius 3 is 2.34 bits per heavy atom. The lowest BCUT2D eigenvalue weighted by Crippen LogP contribution is -2.48. The van der Waals surface area contributed by atoms with E-state index in [0.717, 1.165) is 41.4 Å². The van der Waals surface area contributed by atoms with E-state index < -0.39 is 0 Å². The second-order valence-corrected chi connectivity index (χ2v) is 9.72. The molecular weight excluding hydrogens is 384 g/mol. The van der Waals surface area contributed by atoms with Gasteiger partial charge in [0.1, 0.15) is 5.70 Å². The number of carbonyl (C=O) groups is 1. The van der Waals surface area contributed by atoms with Crippen molar-refractivity contribution in [3.63, 3.8) is 0 Å². The van der Waals surface area contributed by atoms with E-state index >= 15 is 0 Å². The first-order valence-electron chi connectivity index (χ1n) is 10.8. The maximum Gasteiger partial charge on any atom is 0.273 e. The molecule has 4 aliphatic carbocycles. The zero-order valence-corrected chi connectivity index (χ0v) is 17.6. The first-order chi connectivity index (χ1) is 14.0. The summed E-state index contributed by atoms with van der Waals surface area (Å²) in [7, 11) is 0. The monoisotopic (exact) mass is 412 g/mol. The summed E-state index contributed by atoms with van der Waals surface area (Å²) in [5.74, 6) is 4.07. The lowest BCUT2D eigenvalue weighted by atomic mass is 9.50. The molecule has 0 unspecified atom stereocenters. The molecular formula is C23H28N2O3S. The lowest BCUT2D eigenvalue weighted by molar-refractivity contribution is -0.115. The van der Waals surface area contributed by atoms with E-state index in [1.54, 1.807) is 6.08 Å². The Morgan fingerprint density at radius 2 is 1.76 bits per heavy atom. The Labute approximate surface area is 177 Å². The van der Waals surface area contributed by atoms with Crippen molar-refractivity contribution in [3.05, 3.63) is 29.5 Å². The van der Waals surface area contributed by atoms with E-state index in [0.29, 0.717) is 22.8 Å². The predicted octanol–water partition coefficient (Wildman–Crippen LogP) is 4.03. The summed E-state index contributed by atoms with van der Waals surface area (Å²) in [4.78, 5) is 11.9. The maximum absolute atomic E-state index is 11.9. The zero-order valence-electron chi connectivity index (χ0n) is 16.8. The normalized spacial score (nSPS) is 33.7. The molecule has 1 saturated heterocycles. The number of hydrogen-bond donors (Lipinski definition) is 2. The van der Waals surface area contributed by atoms with Crippen molar-refractivity contribution in [3.8, 4) is 11.5 Å². The maximum atomic E-state index is 11.9.